The van der Waals surface area contributed by atoms with E-state index in [9.17, 15) is 0 Å². The van der Waals surface area contributed by atoms with Crippen LogP contribution in [0.3, 0.4) is 0 Å². The van der Waals surface area contributed by atoms with Gasteiger partial charge in [0.05, 0.1) is 12.2 Å². The number of hydrogen-bond acceptors (Lipinski definition) is 4. The molecule has 0 aliphatic carbocycles. The van der Waals surface area contributed by atoms with Gasteiger partial charge in [0.2, 0.25) is 0 Å². The Kier molecular flexibility index (Phi) is 3.38. The number of aryl methyl sites for hydroxylation is 2. The van der Waals surface area contributed by atoms with Gasteiger partial charge in [0.25, 0.3) is 0 Å². The predicted molar refractivity (Wildman–Crippen MR) is 64.0 cm³/mol. The molecule has 1 unspecified atom stereocenters. The first kappa shape index (κ1) is 11.0. The van der Waals surface area contributed by atoms with E-state index in [1.807, 2.05) is 11.3 Å². The molecule has 0 saturated carbocycles. The van der Waals surface area contributed by atoms with E-state index < -0.39 is 0 Å². The summed E-state index contributed by atoms with van der Waals surface area (Å²) in [4.78, 5) is 8.38. The zero-order chi connectivity index (χ0) is 10.8. The van der Waals surface area contributed by atoms with Crippen LogP contribution in [0.4, 0.5) is 0 Å². The Balaban J connectivity index is 1.92. The number of nitrogens with two attached hydrogens (primary N) is 1. The monoisotopic (exact) mass is 225 g/mol. The molecule has 2 N–H and O–H groups in total. The summed E-state index contributed by atoms with van der Waals surface area (Å²) in [7, 11) is 0. The molecule has 0 spiro atoms. The minimum atomic E-state index is 0.701. The van der Waals surface area contributed by atoms with E-state index in [2.05, 4.69) is 23.7 Å². The number of aromatic nitrogens is 1. The standard InChI is InChI=1S/C11H19N3S/c1-8-9(2)15-11(13-8)7-14-4-3-10(5-12)6-14/h10H,3-7,12H2,1-2H3. The number of rotatable bonds is 3. The molecule has 1 fully saturated rings. The first-order valence-electron chi connectivity index (χ1n) is 5.54. The van der Waals surface area contributed by atoms with E-state index in [4.69, 9.17) is 5.73 Å². The maximum atomic E-state index is 5.68. The maximum absolute atomic E-state index is 5.68. The summed E-state index contributed by atoms with van der Waals surface area (Å²) in [5.74, 6) is 0.701. The van der Waals surface area contributed by atoms with Gasteiger partial charge in [-0.25, -0.2) is 4.98 Å². The molecule has 1 atom stereocenters. The third kappa shape index (κ3) is 2.56. The summed E-state index contributed by atoms with van der Waals surface area (Å²) in [5, 5.41) is 1.25. The Morgan fingerprint density at radius 2 is 2.33 bits per heavy atom. The van der Waals surface area contributed by atoms with Crippen LogP contribution in [0.5, 0.6) is 0 Å². The average molecular weight is 225 g/mol. The molecule has 84 valence electrons. The fourth-order valence-electron chi connectivity index (χ4n) is 2.05. The average Bonchev–Trinajstić information content (AvgIpc) is 2.76. The van der Waals surface area contributed by atoms with Gasteiger partial charge in [-0.1, -0.05) is 0 Å². The molecule has 1 aromatic rings. The third-order valence-electron chi connectivity index (χ3n) is 3.13. The zero-order valence-corrected chi connectivity index (χ0v) is 10.3. The summed E-state index contributed by atoms with van der Waals surface area (Å²) in [6.45, 7) is 8.39. The lowest BCUT2D eigenvalue weighted by Crippen LogP contribution is -2.22. The molecule has 2 rings (SSSR count). The molecule has 2 heterocycles. The largest absolute Gasteiger partial charge is 0.330 e. The molecule has 0 radical (unpaired) electrons. The zero-order valence-electron chi connectivity index (χ0n) is 9.49. The molecule has 0 aromatic carbocycles. The van der Waals surface area contributed by atoms with Crippen molar-refractivity contribution in [1.29, 1.82) is 0 Å². The van der Waals surface area contributed by atoms with Crippen LogP contribution in [-0.2, 0) is 6.54 Å². The Labute approximate surface area is 95.3 Å². The highest BCUT2D eigenvalue weighted by Crippen LogP contribution is 2.21. The van der Waals surface area contributed by atoms with Gasteiger partial charge in [0, 0.05) is 11.4 Å². The van der Waals surface area contributed by atoms with Crippen molar-refractivity contribution in [2.45, 2.75) is 26.8 Å². The predicted octanol–water partition coefficient (Wildman–Crippen LogP) is 1.54. The van der Waals surface area contributed by atoms with Crippen LogP contribution in [0.25, 0.3) is 0 Å². The van der Waals surface area contributed by atoms with Gasteiger partial charge >= 0.3 is 0 Å². The van der Waals surface area contributed by atoms with Crippen molar-refractivity contribution >= 4 is 11.3 Å². The van der Waals surface area contributed by atoms with Crippen molar-refractivity contribution in [2.75, 3.05) is 19.6 Å². The summed E-state index contributed by atoms with van der Waals surface area (Å²) in [6, 6.07) is 0. The second-order valence-corrected chi connectivity index (χ2v) is 5.66. The highest BCUT2D eigenvalue weighted by molar-refractivity contribution is 7.11. The summed E-state index contributed by atoms with van der Waals surface area (Å²) < 4.78 is 0. The van der Waals surface area contributed by atoms with E-state index in [1.165, 1.54) is 28.5 Å². The molecule has 4 heteroatoms. The molecule has 1 aliphatic heterocycles. The molecule has 1 saturated heterocycles. The van der Waals surface area contributed by atoms with Crippen molar-refractivity contribution < 1.29 is 0 Å². The van der Waals surface area contributed by atoms with Gasteiger partial charge in [-0.05, 0) is 39.3 Å². The van der Waals surface area contributed by atoms with Gasteiger partial charge in [-0.15, -0.1) is 11.3 Å². The fourth-order valence-corrected chi connectivity index (χ4v) is 3.02. The maximum Gasteiger partial charge on any atom is 0.107 e. The minimum Gasteiger partial charge on any atom is -0.330 e. The smallest absolute Gasteiger partial charge is 0.107 e. The van der Waals surface area contributed by atoms with E-state index in [0.29, 0.717) is 5.92 Å². The first-order valence-corrected chi connectivity index (χ1v) is 6.36. The molecular weight excluding hydrogens is 206 g/mol. The van der Waals surface area contributed by atoms with Crippen LogP contribution in [0.2, 0.25) is 0 Å². The Morgan fingerprint density at radius 1 is 1.53 bits per heavy atom. The normalized spacial score (nSPS) is 22.5. The molecular formula is C11H19N3S. The Hall–Kier alpha value is -0.450. The molecule has 1 aliphatic rings. The van der Waals surface area contributed by atoms with Crippen LogP contribution in [-0.4, -0.2) is 29.5 Å². The van der Waals surface area contributed by atoms with Gasteiger partial charge in [-0.2, -0.15) is 0 Å². The second-order valence-electron chi connectivity index (χ2n) is 4.37. The molecule has 1 aromatic heterocycles. The van der Waals surface area contributed by atoms with Crippen LogP contribution in [0.15, 0.2) is 0 Å². The lowest BCUT2D eigenvalue weighted by Gasteiger charge is -2.13. The van der Waals surface area contributed by atoms with E-state index >= 15 is 0 Å². The Bertz CT molecular complexity index is 315. The number of nitrogens with zero attached hydrogens (tertiary/aromatic N) is 2. The topological polar surface area (TPSA) is 42.2 Å². The second kappa shape index (κ2) is 4.60. The number of thiazole rings is 1. The Morgan fingerprint density at radius 3 is 2.87 bits per heavy atom. The van der Waals surface area contributed by atoms with Crippen LogP contribution < -0.4 is 5.73 Å². The quantitative estimate of drug-likeness (QED) is 0.848. The SMILES string of the molecule is Cc1nc(CN2CCC(CN)C2)sc1C. The summed E-state index contributed by atoms with van der Waals surface area (Å²) in [5.41, 5.74) is 6.86. The lowest BCUT2D eigenvalue weighted by molar-refractivity contribution is 0.317. The van der Waals surface area contributed by atoms with E-state index in [0.717, 1.165) is 19.6 Å². The van der Waals surface area contributed by atoms with E-state index in [-0.39, 0.29) is 0 Å². The number of hydrogen-bond donors (Lipinski definition) is 1. The van der Waals surface area contributed by atoms with Crippen molar-refractivity contribution in [1.82, 2.24) is 9.88 Å². The minimum absolute atomic E-state index is 0.701. The molecule has 0 bridgehead atoms. The van der Waals surface area contributed by atoms with Crippen molar-refractivity contribution in [3.8, 4) is 0 Å². The highest BCUT2D eigenvalue weighted by Gasteiger charge is 2.21. The van der Waals surface area contributed by atoms with Crippen LogP contribution >= 0.6 is 11.3 Å². The first-order chi connectivity index (χ1) is 7.19. The van der Waals surface area contributed by atoms with Gasteiger partial charge in [0.1, 0.15) is 5.01 Å². The lowest BCUT2D eigenvalue weighted by atomic mass is 10.1. The molecule has 0 amide bonds. The van der Waals surface area contributed by atoms with Crippen molar-refractivity contribution in [3.05, 3.63) is 15.6 Å². The van der Waals surface area contributed by atoms with Crippen LogP contribution in [0.1, 0.15) is 22.0 Å². The van der Waals surface area contributed by atoms with Gasteiger partial charge in [-0.3, -0.25) is 4.90 Å². The van der Waals surface area contributed by atoms with Crippen molar-refractivity contribution in [2.24, 2.45) is 11.7 Å². The summed E-state index contributed by atoms with van der Waals surface area (Å²) in [6.07, 6.45) is 1.25. The molecule has 3 nitrogen and oxygen atoms in total. The number of likely N-dealkylation sites (tertiary alicyclic amines) is 1. The van der Waals surface area contributed by atoms with Crippen molar-refractivity contribution in [3.63, 3.8) is 0 Å². The van der Waals surface area contributed by atoms with E-state index in [1.54, 1.807) is 0 Å². The highest BCUT2D eigenvalue weighted by atomic mass is 32.1. The third-order valence-corrected chi connectivity index (χ3v) is 4.19. The van der Waals surface area contributed by atoms with Gasteiger partial charge < -0.3 is 5.73 Å². The van der Waals surface area contributed by atoms with Gasteiger partial charge in [0.15, 0.2) is 0 Å². The fraction of sp³-hybridized carbons (Fsp3) is 0.727. The summed E-state index contributed by atoms with van der Waals surface area (Å²) >= 11 is 1.83. The molecule has 15 heavy (non-hydrogen) atoms. The van der Waals surface area contributed by atoms with Crippen LogP contribution in [0, 0.1) is 19.8 Å².